The number of aliphatic hydroxyl groups is 1. The number of nitrogens with two attached hydrogens (primary N) is 1. The third kappa shape index (κ3) is 4.26. The number of rotatable bonds is 4. The van der Waals surface area contributed by atoms with Crippen molar-refractivity contribution in [3.05, 3.63) is 23.8 Å². The summed E-state index contributed by atoms with van der Waals surface area (Å²) in [5, 5.41) is 16.4. The van der Waals surface area contributed by atoms with Crippen LogP contribution in [0.2, 0.25) is 0 Å². The zero-order chi connectivity index (χ0) is 25.8. The minimum absolute atomic E-state index is 0.00528. The highest BCUT2D eigenvalue weighted by Gasteiger charge is 2.41. The number of aliphatic hydroxyl groups excluding tert-OH is 1. The van der Waals surface area contributed by atoms with Crippen LogP contribution in [-0.4, -0.2) is 95.7 Å². The Morgan fingerprint density at radius 2 is 1.89 bits per heavy atom. The maximum absolute atomic E-state index is 15.0. The Hall–Kier alpha value is -3.32. The van der Waals surface area contributed by atoms with Gasteiger partial charge in [0.05, 0.1) is 44.8 Å². The molecule has 2 amide bonds. The molecule has 2 fully saturated rings. The third-order valence-corrected chi connectivity index (χ3v) is 7.23. The molecule has 5 rings (SSSR count). The lowest BCUT2D eigenvalue weighted by Crippen LogP contribution is -2.56. The molecule has 0 aliphatic carbocycles. The summed E-state index contributed by atoms with van der Waals surface area (Å²) >= 11 is 0. The van der Waals surface area contributed by atoms with Crippen LogP contribution < -0.4 is 20.4 Å². The highest BCUT2D eigenvalue weighted by atomic mass is 19.1. The van der Waals surface area contributed by atoms with Crippen LogP contribution >= 0.6 is 0 Å². The van der Waals surface area contributed by atoms with Gasteiger partial charge >= 0.3 is 0 Å². The van der Waals surface area contributed by atoms with E-state index in [1.54, 1.807) is 23.9 Å². The van der Waals surface area contributed by atoms with Crippen LogP contribution in [-0.2, 0) is 11.3 Å². The topological polar surface area (TPSA) is 130 Å². The van der Waals surface area contributed by atoms with E-state index in [0.29, 0.717) is 44.8 Å². The zero-order valence-electron chi connectivity index (χ0n) is 20.3. The van der Waals surface area contributed by atoms with E-state index in [4.69, 9.17) is 5.73 Å². The van der Waals surface area contributed by atoms with Gasteiger partial charge in [0, 0.05) is 32.1 Å². The number of halogens is 2. The van der Waals surface area contributed by atoms with Crippen LogP contribution in [0.5, 0.6) is 0 Å². The van der Waals surface area contributed by atoms with Gasteiger partial charge in [-0.2, -0.15) is 0 Å². The lowest BCUT2D eigenvalue weighted by Gasteiger charge is -2.41. The number of nitrogens with zero attached hydrogens (tertiary/aromatic N) is 6. The fraction of sp³-hybridized carbons (Fsp3) is 0.565. The summed E-state index contributed by atoms with van der Waals surface area (Å²) in [7, 11) is 3.55. The van der Waals surface area contributed by atoms with E-state index in [1.165, 1.54) is 10.9 Å². The molecule has 3 aliphatic rings. The van der Waals surface area contributed by atoms with Crippen molar-refractivity contribution < 1.29 is 23.5 Å². The molecule has 13 heteroatoms. The monoisotopic (exact) mass is 505 g/mol. The number of hydrogen-bond donors (Lipinski definition) is 3. The lowest BCUT2D eigenvalue weighted by atomic mass is 9.93. The first-order valence-electron chi connectivity index (χ1n) is 12.1. The molecule has 0 bridgehead atoms. The summed E-state index contributed by atoms with van der Waals surface area (Å²) in [6, 6.07) is 0. The molecular formula is C23H31F2N8O3+. The van der Waals surface area contributed by atoms with E-state index in [9.17, 15) is 23.5 Å². The Morgan fingerprint density at radius 1 is 1.19 bits per heavy atom. The predicted molar refractivity (Wildman–Crippen MR) is 130 cm³/mol. The van der Waals surface area contributed by atoms with Crippen molar-refractivity contribution in [2.75, 3.05) is 62.8 Å². The standard InChI is InChI=1S/C23H30F2N8O3/c1-33(2)12-14(24)9-32-22(33)18(20(26)29-32)21(35)28-17-8-27-7-16(25)19(17)30-5-3-13(4-6-30)23(36)31-10-15(34)11-31/h7-8,13-15,34H,3-6,9-12H2,1-2H3,(H2-,26,28,29,35)/p+1. The summed E-state index contributed by atoms with van der Waals surface area (Å²) < 4.78 is 30.7. The molecule has 1 unspecified atom stereocenters. The quantitative estimate of drug-likeness (QED) is 0.519. The van der Waals surface area contributed by atoms with E-state index in [0.717, 1.165) is 6.20 Å². The number of aromatic nitrogens is 3. The van der Waals surface area contributed by atoms with E-state index in [-0.39, 0.29) is 52.2 Å². The minimum atomic E-state index is -1.12. The normalized spacial score (nSPS) is 22.2. The van der Waals surface area contributed by atoms with Crippen molar-refractivity contribution in [1.82, 2.24) is 24.1 Å². The summed E-state index contributed by atoms with van der Waals surface area (Å²) in [6.45, 7) is 1.73. The van der Waals surface area contributed by atoms with Gasteiger partial charge in [-0.25, -0.2) is 13.5 Å². The molecule has 4 N–H and O–H groups in total. The number of likely N-dealkylation sites (tertiary alicyclic amines) is 1. The Balaban J connectivity index is 1.35. The molecule has 2 aromatic heterocycles. The van der Waals surface area contributed by atoms with E-state index in [2.05, 4.69) is 15.4 Å². The van der Waals surface area contributed by atoms with E-state index < -0.39 is 24.0 Å². The molecule has 1 atom stereocenters. The van der Waals surface area contributed by atoms with Gasteiger partial charge in [-0.3, -0.25) is 19.1 Å². The van der Waals surface area contributed by atoms with E-state index >= 15 is 0 Å². The fourth-order valence-electron chi connectivity index (χ4n) is 5.53. The summed E-state index contributed by atoms with van der Waals surface area (Å²) in [5.74, 6) is -0.877. The Labute approximate surface area is 207 Å². The Bertz CT molecular complexity index is 1190. The van der Waals surface area contributed by atoms with Crippen LogP contribution in [0.3, 0.4) is 0 Å². The van der Waals surface area contributed by atoms with Gasteiger partial charge in [-0.15, -0.1) is 5.10 Å². The van der Waals surface area contributed by atoms with E-state index in [1.807, 2.05) is 0 Å². The van der Waals surface area contributed by atoms with Gasteiger partial charge in [0.1, 0.15) is 12.2 Å². The largest absolute Gasteiger partial charge is 0.389 e. The number of hydrogen-bond acceptors (Lipinski definition) is 7. The third-order valence-electron chi connectivity index (χ3n) is 7.23. The number of piperidine rings is 1. The van der Waals surface area contributed by atoms with Gasteiger partial charge in [0.2, 0.25) is 11.7 Å². The second kappa shape index (κ2) is 8.96. The number of nitrogen functional groups attached to an aromatic ring is 1. The molecule has 36 heavy (non-hydrogen) atoms. The zero-order valence-corrected chi connectivity index (χ0v) is 20.3. The molecule has 5 heterocycles. The number of anilines is 3. The Kier molecular flexibility index (Phi) is 6.07. The van der Waals surface area contributed by atoms with Crippen molar-refractivity contribution in [2.45, 2.75) is 31.7 Å². The van der Waals surface area contributed by atoms with Gasteiger partial charge in [-0.1, -0.05) is 0 Å². The fourth-order valence-corrected chi connectivity index (χ4v) is 5.53. The second-order valence-electron chi connectivity index (χ2n) is 10.4. The van der Waals surface area contributed by atoms with Crippen molar-refractivity contribution in [3.63, 3.8) is 0 Å². The molecule has 0 aromatic carbocycles. The predicted octanol–water partition coefficient (Wildman–Crippen LogP) is 0.590. The number of carbonyl (C=O) groups excluding carboxylic acids is 2. The molecular weight excluding hydrogens is 474 g/mol. The molecule has 0 radical (unpaired) electrons. The van der Waals surface area contributed by atoms with Crippen LogP contribution in [0.1, 0.15) is 23.2 Å². The Morgan fingerprint density at radius 3 is 2.56 bits per heavy atom. The first kappa shape index (κ1) is 24.4. The van der Waals surface area contributed by atoms with Crippen LogP contribution in [0.15, 0.2) is 12.4 Å². The van der Waals surface area contributed by atoms with Gasteiger partial charge in [0.15, 0.2) is 23.4 Å². The van der Waals surface area contributed by atoms with Crippen LogP contribution in [0, 0.1) is 11.7 Å². The highest BCUT2D eigenvalue weighted by molar-refractivity contribution is 6.11. The molecule has 0 spiro atoms. The number of nitrogens with one attached hydrogen (secondary N) is 1. The van der Waals surface area contributed by atoms with Gasteiger partial charge < -0.3 is 26.0 Å². The van der Waals surface area contributed by atoms with Crippen molar-refractivity contribution in [1.29, 1.82) is 0 Å². The number of quaternary nitrogens is 1. The van der Waals surface area contributed by atoms with Crippen LogP contribution in [0.4, 0.5) is 31.8 Å². The van der Waals surface area contributed by atoms with Gasteiger partial charge in [-0.05, 0) is 12.8 Å². The van der Waals surface area contributed by atoms with Gasteiger partial charge in [0.25, 0.3) is 5.91 Å². The maximum Gasteiger partial charge on any atom is 0.267 e. The van der Waals surface area contributed by atoms with Crippen molar-refractivity contribution in [2.24, 2.45) is 5.92 Å². The summed E-state index contributed by atoms with van der Waals surface area (Å²) in [6.07, 6.45) is 1.94. The second-order valence-corrected chi connectivity index (χ2v) is 10.4. The van der Waals surface area contributed by atoms with Crippen molar-refractivity contribution in [3.8, 4) is 0 Å². The number of fused-ring (bicyclic) bond motifs is 1. The average Bonchev–Trinajstić information content (AvgIpc) is 3.13. The SMILES string of the molecule is C[N+]1(C)CC(F)Cn2nc(N)c(C(=O)Nc3cncc(F)c3N3CCC(C(=O)N4CC(O)C4)CC3)c21. The average molecular weight is 506 g/mol. The first-order chi connectivity index (χ1) is 17.0. The van der Waals surface area contributed by atoms with Crippen LogP contribution in [0.25, 0.3) is 0 Å². The lowest BCUT2D eigenvalue weighted by molar-refractivity contribution is -0.146. The molecule has 2 aromatic rings. The molecule has 2 saturated heterocycles. The summed E-state index contributed by atoms with van der Waals surface area (Å²) in [5.41, 5.74) is 6.57. The number of pyridine rings is 1. The minimum Gasteiger partial charge on any atom is -0.389 e. The molecule has 0 saturated carbocycles. The number of amides is 2. The number of β-amino-alcohol motifs (C(OH)–C–C–N with tert-alkyl or cyclic N) is 1. The first-order valence-corrected chi connectivity index (χ1v) is 12.1. The number of carbonyl (C=O) groups is 2. The van der Waals surface area contributed by atoms with Crippen molar-refractivity contribution >= 4 is 34.8 Å². The molecule has 194 valence electrons. The molecule has 3 aliphatic heterocycles. The number of alkyl halides is 1. The molecule has 11 nitrogen and oxygen atoms in total. The highest BCUT2D eigenvalue weighted by Crippen LogP contribution is 2.36. The maximum atomic E-state index is 15.0. The summed E-state index contributed by atoms with van der Waals surface area (Å²) in [4.78, 5) is 33.3. The smallest absolute Gasteiger partial charge is 0.267 e.